The second-order valence-corrected chi connectivity index (χ2v) is 5.14. The van der Waals surface area contributed by atoms with E-state index in [-0.39, 0.29) is 0 Å². The van der Waals surface area contributed by atoms with Crippen LogP contribution >= 0.6 is 0 Å². The van der Waals surface area contributed by atoms with Crippen molar-refractivity contribution in [1.29, 1.82) is 0 Å². The van der Waals surface area contributed by atoms with Gasteiger partial charge < -0.3 is 10.2 Å². The van der Waals surface area contributed by atoms with Gasteiger partial charge in [-0.05, 0) is 65.1 Å². The van der Waals surface area contributed by atoms with Crippen LogP contribution < -0.4 is 5.32 Å². The van der Waals surface area contributed by atoms with Crippen molar-refractivity contribution in [2.24, 2.45) is 5.92 Å². The summed E-state index contributed by atoms with van der Waals surface area (Å²) in [4.78, 5) is 2.55. The minimum atomic E-state index is 0.809. The molecule has 2 fully saturated rings. The maximum Gasteiger partial charge on any atom is 0.00921 e. The molecule has 1 N–H and O–H groups in total. The molecule has 0 amide bonds. The summed E-state index contributed by atoms with van der Waals surface area (Å²) >= 11 is 0. The van der Waals surface area contributed by atoms with Gasteiger partial charge in [0.25, 0.3) is 0 Å². The fourth-order valence-corrected chi connectivity index (χ4v) is 2.50. The second-order valence-electron chi connectivity index (χ2n) is 5.14. The van der Waals surface area contributed by atoms with Crippen LogP contribution in [0, 0.1) is 5.92 Å². The van der Waals surface area contributed by atoms with Crippen molar-refractivity contribution in [3.8, 4) is 0 Å². The third-order valence-electron chi connectivity index (χ3n) is 3.99. The molecule has 0 aromatic carbocycles. The zero-order chi connectivity index (χ0) is 9.97. The summed E-state index contributed by atoms with van der Waals surface area (Å²) in [6.07, 6.45) is 7.05. The average molecular weight is 196 g/mol. The quantitative estimate of drug-likeness (QED) is 0.722. The Morgan fingerprint density at radius 1 is 1.36 bits per heavy atom. The van der Waals surface area contributed by atoms with E-state index in [2.05, 4.69) is 24.2 Å². The van der Waals surface area contributed by atoms with E-state index in [1.807, 2.05) is 0 Å². The number of nitrogens with zero attached hydrogens (tertiary/aromatic N) is 1. The maximum absolute atomic E-state index is 3.57. The van der Waals surface area contributed by atoms with E-state index in [0.29, 0.717) is 0 Å². The van der Waals surface area contributed by atoms with Crippen LogP contribution in [0.3, 0.4) is 0 Å². The normalized spacial score (nSPS) is 29.8. The van der Waals surface area contributed by atoms with Crippen molar-refractivity contribution in [3.63, 3.8) is 0 Å². The standard InChI is InChI=1S/C12H24N2/c1-10(11-5-6-11)14(2)9-7-12-4-3-8-13-12/h10-13H,3-9H2,1-2H3. The fraction of sp³-hybridized carbons (Fsp3) is 1.00. The lowest BCUT2D eigenvalue weighted by Gasteiger charge is -2.25. The lowest BCUT2D eigenvalue weighted by Crippen LogP contribution is -2.35. The molecule has 0 spiro atoms. The van der Waals surface area contributed by atoms with Gasteiger partial charge in [0, 0.05) is 12.1 Å². The highest BCUT2D eigenvalue weighted by Gasteiger charge is 2.30. The molecule has 0 radical (unpaired) electrons. The Bertz CT molecular complexity index is 171. The van der Waals surface area contributed by atoms with E-state index >= 15 is 0 Å². The third kappa shape index (κ3) is 2.71. The predicted molar refractivity (Wildman–Crippen MR) is 60.5 cm³/mol. The van der Waals surface area contributed by atoms with Crippen molar-refractivity contribution in [1.82, 2.24) is 10.2 Å². The summed E-state index contributed by atoms with van der Waals surface area (Å²) in [6, 6.07) is 1.63. The molecule has 14 heavy (non-hydrogen) atoms. The molecule has 1 saturated heterocycles. The first-order chi connectivity index (χ1) is 6.77. The Balaban J connectivity index is 1.63. The molecule has 0 bridgehead atoms. The molecular formula is C12H24N2. The van der Waals surface area contributed by atoms with Gasteiger partial charge in [-0.1, -0.05) is 0 Å². The molecule has 2 unspecified atom stereocenters. The molecule has 1 saturated carbocycles. The van der Waals surface area contributed by atoms with E-state index in [9.17, 15) is 0 Å². The summed E-state index contributed by atoms with van der Waals surface area (Å²) in [5.41, 5.74) is 0. The maximum atomic E-state index is 3.57. The van der Waals surface area contributed by atoms with E-state index in [1.165, 1.54) is 45.2 Å². The second kappa shape index (κ2) is 4.63. The van der Waals surface area contributed by atoms with Crippen molar-refractivity contribution in [3.05, 3.63) is 0 Å². The van der Waals surface area contributed by atoms with Crippen LogP contribution in [0.4, 0.5) is 0 Å². The van der Waals surface area contributed by atoms with Gasteiger partial charge in [0.1, 0.15) is 0 Å². The summed E-state index contributed by atoms with van der Waals surface area (Å²) in [7, 11) is 2.29. The first-order valence-corrected chi connectivity index (χ1v) is 6.21. The van der Waals surface area contributed by atoms with Crippen LogP contribution in [-0.2, 0) is 0 Å². The molecular weight excluding hydrogens is 172 g/mol. The average Bonchev–Trinajstić information content (AvgIpc) is 2.91. The fourth-order valence-electron chi connectivity index (χ4n) is 2.50. The number of hydrogen-bond acceptors (Lipinski definition) is 2. The van der Waals surface area contributed by atoms with E-state index in [0.717, 1.165) is 18.0 Å². The van der Waals surface area contributed by atoms with Crippen LogP contribution in [0.15, 0.2) is 0 Å². The lowest BCUT2D eigenvalue weighted by molar-refractivity contribution is 0.224. The number of rotatable bonds is 5. The van der Waals surface area contributed by atoms with Gasteiger partial charge in [-0.25, -0.2) is 0 Å². The Kier molecular flexibility index (Phi) is 3.45. The lowest BCUT2D eigenvalue weighted by atomic mass is 10.1. The van der Waals surface area contributed by atoms with Gasteiger partial charge in [0.05, 0.1) is 0 Å². The molecule has 82 valence electrons. The molecule has 1 aliphatic heterocycles. The Morgan fingerprint density at radius 3 is 2.71 bits per heavy atom. The summed E-state index contributed by atoms with van der Waals surface area (Å²) in [5, 5.41) is 3.57. The predicted octanol–water partition coefficient (Wildman–Crippen LogP) is 1.86. The Hall–Kier alpha value is -0.0800. The van der Waals surface area contributed by atoms with Crippen molar-refractivity contribution >= 4 is 0 Å². The monoisotopic (exact) mass is 196 g/mol. The highest BCUT2D eigenvalue weighted by Crippen LogP contribution is 2.34. The third-order valence-corrected chi connectivity index (χ3v) is 3.99. The van der Waals surface area contributed by atoms with Crippen LogP contribution in [0.5, 0.6) is 0 Å². The molecule has 0 aromatic rings. The molecule has 2 heteroatoms. The molecule has 1 heterocycles. The first-order valence-electron chi connectivity index (χ1n) is 6.21. The minimum absolute atomic E-state index is 0.809. The molecule has 2 atom stereocenters. The molecule has 2 nitrogen and oxygen atoms in total. The van der Waals surface area contributed by atoms with E-state index < -0.39 is 0 Å². The molecule has 2 aliphatic rings. The topological polar surface area (TPSA) is 15.3 Å². The highest BCUT2D eigenvalue weighted by molar-refractivity contribution is 4.85. The van der Waals surface area contributed by atoms with Gasteiger partial charge in [-0.2, -0.15) is 0 Å². The number of nitrogens with one attached hydrogen (secondary N) is 1. The minimum Gasteiger partial charge on any atom is -0.314 e. The summed E-state index contributed by atoms with van der Waals surface area (Å²) in [5.74, 6) is 1.01. The van der Waals surface area contributed by atoms with E-state index in [1.54, 1.807) is 0 Å². The van der Waals surface area contributed by atoms with Crippen LogP contribution in [0.1, 0.15) is 39.0 Å². The van der Waals surface area contributed by atoms with Crippen molar-refractivity contribution < 1.29 is 0 Å². The first kappa shape index (κ1) is 10.4. The molecule has 0 aromatic heterocycles. The van der Waals surface area contributed by atoms with Gasteiger partial charge in [0.15, 0.2) is 0 Å². The van der Waals surface area contributed by atoms with Gasteiger partial charge in [-0.3, -0.25) is 0 Å². The van der Waals surface area contributed by atoms with Crippen molar-refractivity contribution in [2.75, 3.05) is 20.1 Å². The summed E-state index contributed by atoms with van der Waals surface area (Å²) < 4.78 is 0. The van der Waals surface area contributed by atoms with Crippen LogP contribution in [0.2, 0.25) is 0 Å². The number of hydrogen-bond donors (Lipinski definition) is 1. The summed E-state index contributed by atoms with van der Waals surface area (Å²) in [6.45, 7) is 4.90. The van der Waals surface area contributed by atoms with Crippen LogP contribution in [0.25, 0.3) is 0 Å². The van der Waals surface area contributed by atoms with Gasteiger partial charge in [0.2, 0.25) is 0 Å². The molecule has 1 aliphatic carbocycles. The zero-order valence-electron chi connectivity index (χ0n) is 9.63. The Labute approximate surface area is 88.1 Å². The largest absolute Gasteiger partial charge is 0.314 e. The van der Waals surface area contributed by atoms with Gasteiger partial charge >= 0.3 is 0 Å². The molecule has 2 rings (SSSR count). The smallest absolute Gasteiger partial charge is 0.00921 e. The highest BCUT2D eigenvalue weighted by atomic mass is 15.1. The Morgan fingerprint density at radius 2 is 2.14 bits per heavy atom. The zero-order valence-corrected chi connectivity index (χ0v) is 9.63. The van der Waals surface area contributed by atoms with E-state index in [4.69, 9.17) is 0 Å². The van der Waals surface area contributed by atoms with Crippen molar-refractivity contribution in [2.45, 2.75) is 51.1 Å². The SMILES string of the molecule is CC(C1CC1)N(C)CCC1CCCN1. The van der Waals surface area contributed by atoms with Crippen LogP contribution in [-0.4, -0.2) is 37.1 Å². The van der Waals surface area contributed by atoms with Gasteiger partial charge in [-0.15, -0.1) is 0 Å².